The number of nitrogens with one attached hydrogen (secondary N) is 1. The van der Waals surface area contributed by atoms with E-state index in [1.807, 2.05) is 19.1 Å². The fourth-order valence-electron chi connectivity index (χ4n) is 5.58. The molecular weight excluding hydrogens is 344 g/mol. The molecule has 0 bridgehead atoms. The summed E-state index contributed by atoms with van der Waals surface area (Å²) in [5.41, 5.74) is 0.0743. The fourth-order valence-corrected chi connectivity index (χ4v) is 5.58. The van der Waals surface area contributed by atoms with E-state index in [-0.39, 0.29) is 36.2 Å². The number of carbonyl (C=O) groups excluding carboxylic acids is 1. The summed E-state index contributed by atoms with van der Waals surface area (Å²) in [6, 6.07) is 3.75. The molecule has 1 aromatic rings. The molecular formula is C21H32N2O4. The lowest BCUT2D eigenvalue weighted by Gasteiger charge is -2.60. The van der Waals surface area contributed by atoms with Crippen LogP contribution in [0.2, 0.25) is 0 Å². The topological polar surface area (TPSA) is 103 Å². The number of fused-ring (bicyclic) bond motifs is 1. The van der Waals surface area contributed by atoms with Crippen LogP contribution in [0.4, 0.5) is 0 Å². The van der Waals surface area contributed by atoms with Gasteiger partial charge in [0.15, 0.2) is 0 Å². The van der Waals surface area contributed by atoms with E-state index in [0.29, 0.717) is 19.4 Å². The van der Waals surface area contributed by atoms with Crippen molar-refractivity contribution in [3.05, 3.63) is 30.1 Å². The van der Waals surface area contributed by atoms with Gasteiger partial charge in [0.05, 0.1) is 18.8 Å². The molecule has 3 rings (SSSR count). The van der Waals surface area contributed by atoms with Gasteiger partial charge in [-0.1, -0.05) is 19.9 Å². The minimum Gasteiger partial charge on any atom is -0.396 e. The van der Waals surface area contributed by atoms with E-state index < -0.39 is 17.6 Å². The van der Waals surface area contributed by atoms with Crippen molar-refractivity contribution in [2.45, 2.75) is 64.7 Å². The molecule has 0 aromatic carbocycles. The smallest absolute Gasteiger partial charge is 0.220 e. The third-order valence-corrected chi connectivity index (χ3v) is 7.33. The van der Waals surface area contributed by atoms with Gasteiger partial charge in [-0.25, -0.2) is 0 Å². The third-order valence-electron chi connectivity index (χ3n) is 7.33. The Kier molecular flexibility index (Phi) is 5.89. The quantitative estimate of drug-likeness (QED) is 0.626. The predicted octanol–water partition coefficient (Wildman–Crippen LogP) is 1.63. The van der Waals surface area contributed by atoms with Gasteiger partial charge >= 0.3 is 0 Å². The summed E-state index contributed by atoms with van der Waals surface area (Å²) in [6.07, 6.45) is 5.30. The maximum absolute atomic E-state index is 12.6. The Morgan fingerprint density at radius 2 is 2.07 bits per heavy atom. The lowest BCUT2D eigenvalue weighted by atomic mass is 9.46. The molecule has 2 aliphatic rings. The molecule has 1 unspecified atom stereocenters. The Labute approximate surface area is 161 Å². The fraction of sp³-hybridized carbons (Fsp3) is 0.714. The van der Waals surface area contributed by atoms with Crippen LogP contribution in [0, 0.1) is 22.7 Å². The van der Waals surface area contributed by atoms with Gasteiger partial charge in [-0.3, -0.25) is 9.78 Å². The highest BCUT2D eigenvalue weighted by molar-refractivity contribution is 5.76. The number of aromatic nitrogens is 1. The number of nitrogens with zero attached hydrogens (tertiary/aromatic N) is 1. The molecule has 6 atom stereocenters. The van der Waals surface area contributed by atoms with Crippen molar-refractivity contribution in [1.29, 1.82) is 0 Å². The van der Waals surface area contributed by atoms with Crippen LogP contribution < -0.4 is 5.32 Å². The van der Waals surface area contributed by atoms with Crippen LogP contribution in [-0.2, 0) is 11.3 Å². The van der Waals surface area contributed by atoms with E-state index in [9.17, 15) is 20.1 Å². The molecule has 1 aromatic heterocycles. The molecule has 27 heavy (non-hydrogen) atoms. The highest BCUT2D eigenvalue weighted by Gasteiger charge is 2.58. The molecule has 1 amide bonds. The van der Waals surface area contributed by atoms with Crippen LogP contribution in [0.15, 0.2) is 24.5 Å². The van der Waals surface area contributed by atoms with Gasteiger partial charge in [0.2, 0.25) is 5.91 Å². The average molecular weight is 376 g/mol. The first-order valence-electron chi connectivity index (χ1n) is 9.94. The largest absolute Gasteiger partial charge is 0.396 e. The summed E-state index contributed by atoms with van der Waals surface area (Å²) in [4.78, 5) is 16.6. The van der Waals surface area contributed by atoms with E-state index >= 15 is 0 Å². The lowest BCUT2D eigenvalue weighted by molar-refractivity contribution is -0.185. The van der Waals surface area contributed by atoms with E-state index in [2.05, 4.69) is 17.2 Å². The SMILES string of the molecule is C[C@]1(CO)C2CC[C@@H](O)[C@@H](CC(=O)NCc3cccnc3)[C@]2(C)CC[C@H]1O. The van der Waals surface area contributed by atoms with Crippen LogP contribution >= 0.6 is 0 Å². The summed E-state index contributed by atoms with van der Waals surface area (Å²) in [6.45, 7) is 4.41. The Bertz CT molecular complexity index is 655. The Hall–Kier alpha value is -1.50. The lowest BCUT2D eigenvalue weighted by Crippen LogP contribution is -2.60. The third kappa shape index (κ3) is 3.75. The van der Waals surface area contributed by atoms with Crippen LogP contribution in [-0.4, -0.2) is 45.0 Å². The Morgan fingerprint density at radius 3 is 2.74 bits per heavy atom. The summed E-state index contributed by atoms with van der Waals surface area (Å²) in [7, 11) is 0. The number of hydrogen-bond donors (Lipinski definition) is 4. The molecule has 2 saturated carbocycles. The molecule has 150 valence electrons. The average Bonchev–Trinajstić information content (AvgIpc) is 2.67. The second kappa shape index (κ2) is 7.86. The molecule has 6 heteroatoms. The highest BCUT2D eigenvalue weighted by atomic mass is 16.3. The van der Waals surface area contributed by atoms with Crippen LogP contribution in [0.3, 0.4) is 0 Å². The zero-order valence-corrected chi connectivity index (χ0v) is 16.3. The Balaban J connectivity index is 1.72. The summed E-state index contributed by atoms with van der Waals surface area (Å²) in [5.74, 6) is -0.177. The van der Waals surface area contributed by atoms with Crippen molar-refractivity contribution in [1.82, 2.24) is 10.3 Å². The molecule has 0 saturated heterocycles. The predicted molar refractivity (Wildman–Crippen MR) is 101 cm³/mol. The number of amides is 1. The van der Waals surface area contributed by atoms with Crippen molar-refractivity contribution in [3.63, 3.8) is 0 Å². The second-order valence-electron chi connectivity index (χ2n) is 8.87. The first-order valence-corrected chi connectivity index (χ1v) is 9.94. The van der Waals surface area contributed by atoms with Crippen molar-refractivity contribution in [2.24, 2.45) is 22.7 Å². The second-order valence-corrected chi connectivity index (χ2v) is 8.87. The van der Waals surface area contributed by atoms with Gasteiger partial charge in [-0.2, -0.15) is 0 Å². The van der Waals surface area contributed by atoms with Gasteiger partial charge in [0, 0.05) is 30.8 Å². The van der Waals surface area contributed by atoms with Crippen molar-refractivity contribution in [2.75, 3.05) is 6.61 Å². The number of carbonyl (C=O) groups is 1. The molecule has 0 aliphatic heterocycles. The van der Waals surface area contributed by atoms with Crippen molar-refractivity contribution >= 4 is 5.91 Å². The molecule has 4 N–H and O–H groups in total. The van der Waals surface area contributed by atoms with Gasteiger partial charge in [0.25, 0.3) is 0 Å². The minimum absolute atomic E-state index is 0.0789. The van der Waals surface area contributed by atoms with Crippen LogP contribution in [0.25, 0.3) is 0 Å². The first kappa shape index (κ1) is 20.2. The number of rotatable bonds is 5. The number of pyridine rings is 1. The number of aliphatic hydroxyl groups is 3. The van der Waals surface area contributed by atoms with E-state index in [4.69, 9.17) is 0 Å². The zero-order chi connectivity index (χ0) is 19.7. The Morgan fingerprint density at radius 1 is 1.30 bits per heavy atom. The van der Waals surface area contributed by atoms with E-state index in [1.165, 1.54) is 0 Å². The van der Waals surface area contributed by atoms with Gasteiger partial charge < -0.3 is 20.6 Å². The summed E-state index contributed by atoms with van der Waals surface area (Å²) in [5, 5.41) is 34.2. The normalized spacial score (nSPS) is 38.9. The monoisotopic (exact) mass is 376 g/mol. The van der Waals surface area contributed by atoms with E-state index in [0.717, 1.165) is 18.4 Å². The van der Waals surface area contributed by atoms with Crippen LogP contribution in [0.5, 0.6) is 0 Å². The maximum Gasteiger partial charge on any atom is 0.220 e. The van der Waals surface area contributed by atoms with E-state index in [1.54, 1.807) is 12.4 Å². The number of hydrogen-bond acceptors (Lipinski definition) is 5. The maximum atomic E-state index is 12.6. The molecule has 0 spiro atoms. The van der Waals surface area contributed by atoms with Crippen LogP contribution in [0.1, 0.15) is 51.5 Å². The minimum atomic E-state index is -0.586. The zero-order valence-electron chi connectivity index (χ0n) is 16.3. The van der Waals surface area contributed by atoms with Crippen molar-refractivity contribution < 1.29 is 20.1 Å². The summed E-state index contributed by atoms with van der Waals surface area (Å²) < 4.78 is 0. The van der Waals surface area contributed by atoms with Gasteiger partial charge in [-0.15, -0.1) is 0 Å². The molecule has 6 nitrogen and oxygen atoms in total. The molecule has 2 fully saturated rings. The molecule has 2 aliphatic carbocycles. The first-order chi connectivity index (χ1) is 12.8. The van der Waals surface area contributed by atoms with Gasteiger partial charge in [-0.05, 0) is 54.6 Å². The summed E-state index contributed by atoms with van der Waals surface area (Å²) >= 11 is 0. The van der Waals surface area contributed by atoms with Crippen molar-refractivity contribution in [3.8, 4) is 0 Å². The number of aliphatic hydroxyl groups excluding tert-OH is 3. The standard InChI is InChI=1S/C21H32N2O4/c1-20-8-7-18(26)21(2,13-24)17(20)6-5-16(25)15(20)10-19(27)23-12-14-4-3-9-22-11-14/h3-4,9,11,15-18,24-26H,5-8,10,12-13H2,1-2H3,(H,23,27)/t15-,16-,17?,18-,20+,21+/m1/s1. The molecule has 1 heterocycles. The molecule has 0 radical (unpaired) electrons. The highest BCUT2D eigenvalue weighted by Crippen LogP contribution is 2.60. The van der Waals surface area contributed by atoms with Gasteiger partial charge in [0.1, 0.15) is 0 Å².